The summed E-state index contributed by atoms with van der Waals surface area (Å²) in [5.41, 5.74) is 1.78. The molecular weight excluding hydrogens is 272 g/mol. The summed E-state index contributed by atoms with van der Waals surface area (Å²) in [5, 5.41) is 0.610. The lowest BCUT2D eigenvalue weighted by atomic mass is 10.1. The first-order valence-corrected chi connectivity index (χ1v) is 7.03. The minimum absolute atomic E-state index is 0.113. The predicted octanol–water partition coefficient (Wildman–Crippen LogP) is 4.52. The Balaban J connectivity index is 1.83. The maximum absolute atomic E-state index is 11.9. The molecule has 0 saturated heterocycles. The van der Waals surface area contributed by atoms with E-state index in [1.54, 1.807) is 24.3 Å². The van der Waals surface area contributed by atoms with Crippen molar-refractivity contribution >= 4 is 17.6 Å². The van der Waals surface area contributed by atoms with E-state index in [0.717, 1.165) is 12.8 Å². The van der Waals surface area contributed by atoms with Crippen molar-refractivity contribution in [2.45, 2.75) is 25.9 Å². The molecule has 0 amide bonds. The molecule has 0 aliphatic carbocycles. The van der Waals surface area contributed by atoms with Crippen LogP contribution in [-0.2, 0) is 11.2 Å². The Bertz CT molecular complexity index is 549. The zero-order chi connectivity index (χ0) is 14.4. The molecule has 0 spiro atoms. The molecule has 0 saturated carbocycles. The molecule has 2 rings (SSSR count). The molecular formula is C17H17ClO2. The zero-order valence-corrected chi connectivity index (χ0v) is 12.1. The Kier molecular flexibility index (Phi) is 5.19. The van der Waals surface area contributed by atoms with Gasteiger partial charge in [-0.25, -0.2) is 4.79 Å². The number of hydrogen-bond donors (Lipinski definition) is 0. The van der Waals surface area contributed by atoms with Crippen LogP contribution in [0.25, 0.3) is 0 Å². The van der Waals surface area contributed by atoms with Gasteiger partial charge in [0.05, 0.1) is 11.7 Å². The van der Waals surface area contributed by atoms with E-state index in [-0.39, 0.29) is 12.1 Å². The number of benzene rings is 2. The molecule has 3 heteroatoms. The molecule has 0 aromatic heterocycles. The lowest BCUT2D eigenvalue weighted by molar-refractivity contribution is 0.0325. The summed E-state index contributed by atoms with van der Waals surface area (Å²) in [7, 11) is 0. The fraction of sp³-hybridized carbons (Fsp3) is 0.235. The fourth-order valence-electron chi connectivity index (χ4n) is 1.91. The van der Waals surface area contributed by atoms with Crippen molar-refractivity contribution in [2.75, 3.05) is 0 Å². The first kappa shape index (κ1) is 14.6. The number of carbonyl (C=O) groups is 1. The van der Waals surface area contributed by atoms with Gasteiger partial charge < -0.3 is 4.74 Å². The van der Waals surface area contributed by atoms with Gasteiger partial charge in [-0.05, 0) is 49.6 Å². The van der Waals surface area contributed by atoms with Gasteiger partial charge in [0.15, 0.2) is 0 Å². The Morgan fingerprint density at radius 2 is 1.75 bits per heavy atom. The second-order valence-corrected chi connectivity index (χ2v) is 5.18. The highest BCUT2D eigenvalue weighted by molar-refractivity contribution is 6.30. The number of esters is 1. The number of halogens is 1. The van der Waals surface area contributed by atoms with Gasteiger partial charge in [-0.3, -0.25) is 0 Å². The van der Waals surface area contributed by atoms with Crippen LogP contribution >= 0.6 is 11.6 Å². The van der Waals surface area contributed by atoms with Crippen molar-refractivity contribution in [3.63, 3.8) is 0 Å². The van der Waals surface area contributed by atoms with Crippen molar-refractivity contribution < 1.29 is 9.53 Å². The molecule has 2 aromatic rings. The Labute approximate surface area is 124 Å². The van der Waals surface area contributed by atoms with Crippen LogP contribution in [0.15, 0.2) is 54.6 Å². The number of aryl methyl sites for hydroxylation is 1. The van der Waals surface area contributed by atoms with Crippen molar-refractivity contribution in [1.29, 1.82) is 0 Å². The van der Waals surface area contributed by atoms with Crippen molar-refractivity contribution in [3.05, 3.63) is 70.7 Å². The molecule has 2 nitrogen and oxygen atoms in total. The van der Waals surface area contributed by atoms with E-state index in [1.165, 1.54) is 5.56 Å². The van der Waals surface area contributed by atoms with Crippen molar-refractivity contribution in [3.8, 4) is 0 Å². The van der Waals surface area contributed by atoms with Crippen LogP contribution in [0.2, 0.25) is 5.02 Å². The van der Waals surface area contributed by atoms with Crippen LogP contribution in [0.5, 0.6) is 0 Å². The van der Waals surface area contributed by atoms with Crippen LogP contribution < -0.4 is 0 Å². The molecule has 2 aromatic carbocycles. The van der Waals surface area contributed by atoms with Gasteiger partial charge in [-0.15, -0.1) is 0 Å². The summed E-state index contributed by atoms with van der Waals surface area (Å²) in [6.45, 7) is 1.91. The van der Waals surface area contributed by atoms with E-state index in [9.17, 15) is 4.79 Å². The van der Waals surface area contributed by atoms with Gasteiger partial charge in [0, 0.05) is 5.02 Å². The monoisotopic (exact) mass is 288 g/mol. The van der Waals surface area contributed by atoms with E-state index in [4.69, 9.17) is 16.3 Å². The van der Waals surface area contributed by atoms with Crippen molar-refractivity contribution in [1.82, 2.24) is 0 Å². The third-order valence-corrected chi connectivity index (χ3v) is 3.32. The highest BCUT2D eigenvalue weighted by Crippen LogP contribution is 2.13. The maximum Gasteiger partial charge on any atom is 0.338 e. The van der Waals surface area contributed by atoms with Gasteiger partial charge in [-0.1, -0.05) is 41.9 Å². The molecule has 20 heavy (non-hydrogen) atoms. The quantitative estimate of drug-likeness (QED) is 0.756. The Hall–Kier alpha value is -1.80. The molecule has 0 aliphatic rings. The van der Waals surface area contributed by atoms with Gasteiger partial charge >= 0.3 is 5.97 Å². The summed E-state index contributed by atoms with van der Waals surface area (Å²) >= 11 is 5.79. The van der Waals surface area contributed by atoms with Crippen LogP contribution in [0, 0.1) is 0 Å². The number of hydrogen-bond acceptors (Lipinski definition) is 2. The summed E-state index contributed by atoms with van der Waals surface area (Å²) in [6, 6.07) is 16.9. The molecule has 0 radical (unpaired) electrons. The van der Waals surface area contributed by atoms with Crippen LogP contribution in [0.1, 0.15) is 29.3 Å². The van der Waals surface area contributed by atoms with E-state index in [2.05, 4.69) is 12.1 Å². The lowest BCUT2D eigenvalue weighted by Gasteiger charge is -2.13. The third-order valence-electron chi connectivity index (χ3n) is 3.07. The van der Waals surface area contributed by atoms with Crippen molar-refractivity contribution in [2.24, 2.45) is 0 Å². The molecule has 0 N–H and O–H groups in total. The average Bonchev–Trinajstić information content (AvgIpc) is 2.47. The predicted molar refractivity (Wildman–Crippen MR) is 81.1 cm³/mol. The maximum atomic E-state index is 11.9. The smallest absolute Gasteiger partial charge is 0.338 e. The van der Waals surface area contributed by atoms with Gasteiger partial charge in [0.25, 0.3) is 0 Å². The number of rotatable bonds is 5. The molecule has 104 valence electrons. The Morgan fingerprint density at radius 3 is 2.40 bits per heavy atom. The van der Waals surface area contributed by atoms with E-state index >= 15 is 0 Å². The Morgan fingerprint density at radius 1 is 1.10 bits per heavy atom. The van der Waals surface area contributed by atoms with Crippen LogP contribution in [0.3, 0.4) is 0 Å². The van der Waals surface area contributed by atoms with Gasteiger partial charge in [0.2, 0.25) is 0 Å². The third kappa shape index (κ3) is 4.39. The lowest BCUT2D eigenvalue weighted by Crippen LogP contribution is -2.15. The average molecular weight is 289 g/mol. The zero-order valence-electron chi connectivity index (χ0n) is 11.4. The SMILES string of the molecule is CC(CCc1ccccc1)OC(=O)c1ccc(Cl)cc1. The standard InChI is InChI=1S/C17H17ClO2/c1-13(7-8-14-5-3-2-4-6-14)20-17(19)15-9-11-16(18)12-10-15/h2-6,9-13H,7-8H2,1H3. The summed E-state index contributed by atoms with van der Waals surface area (Å²) < 4.78 is 5.42. The molecule has 0 aliphatic heterocycles. The highest BCUT2D eigenvalue weighted by atomic mass is 35.5. The molecule has 1 atom stereocenters. The van der Waals surface area contributed by atoms with Crippen LogP contribution in [0.4, 0.5) is 0 Å². The van der Waals surface area contributed by atoms with Gasteiger partial charge in [0.1, 0.15) is 0 Å². The number of carbonyl (C=O) groups excluding carboxylic acids is 1. The molecule has 1 unspecified atom stereocenters. The topological polar surface area (TPSA) is 26.3 Å². The first-order valence-electron chi connectivity index (χ1n) is 6.65. The van der Waals surface area contributed by atoms with E-state index < -0.39 is 0 Å². The minimum atomic E-state index is -0.303. The normalized spacial score (nSPS) is 11.9. The summed E-state index contributed by atoms with van der Waals surface area (Å²) in [4.78, 5) is 11.9. The van der Waals surface area contributed by atoms with Crippen LogP contribution in [-0.4, -0.2) is 12.1 Å². The van der Waals surface area contributed by atoms with Gasteiger partial charge in [-0.2, -0.15) is 0 Å². The second-order valence-electron chi connectivity index (χ2n) is 4.75. The van der Waals surface area contributed by atoms with E-state index in [1.807, 2.05) is 25.1 Å². The van der Waals surface area contributed by atoms with E-state index in [0.29, 0.717) is 10.6 Å². The molecule has 0 bridgehead atoms. The first-order chi connectivity index (χ1) is 9.65. The largest absolute Gasteiger partial charge is 0.459 e. The highest BCUT2D eigenvalue weighted by Gasteiger charge is 2.11. The number of ether oxygens (including phenoxy) is 1. The molecule has 0 fully saturated rings. The fourth-order valence-corrected chi connectivity index (χ4v) is 2.04. The summed E-state index contributed by atoms with van der Waals surface area (Å²) in [6.07, 6.45) is 1.59. The summed E-state index contributed by atoms with van der Waals surface area (Å²) in [5.74, 6) is -0.303. The minimum Gasteiger partial charge on any atom is -0.459 e. The second kappa shape index (κ2) is 7.11. The molecule has 0 heterocycles.